The van der Waals surface area contributed by atoms with Gasteiger partial charge in [0.15, 0.2) is 11.5 Å². The molecule has 1 fully saturated rings. The number of aromatic hydroxyl groups is 1. The van der Waals surface area contributed by atoms with Crippen molar-refractivity contribution in [2.24, 2.45) is 0 Å². The molecular formula is C24H27NO7. The number of rotatable bonds is 9. The third kappa shape index (κ3) is 4.55. The van der Waals surface area contributed by atoms with Crippen molar-refractivity contribution in [3.63, 3.8) is 0 Å². The van der Waals surface area contributed by atoms with Crippen LogP contribution in [0.25, 0.3) is 5.76 Å². The van der Waals surface area contributed by atoms with E-state index in [2.05, 4.69) is 0 Å². The Bertz CT molecular complexity index is 1030. The number of carbonyl (C=O) groups is 2. The summed E-state index contributed by atoms with van der Waals surface area (Å²) in [6.07, 6.45) is 0.509. The number of phenols is 1. The average molecular weight is 441 g/mol. The van der Waals surface area contributed by atoms with Gasteiger partial charge < -0.3 is 29.3 Å². The first-order valence-electron chi connectivity index (χ1n) is 10.3. The number of ketones is 1. The van der Waals surface area contributed by atoms with Gasteiger partial charge >= 0.3 is 0 Å². The minimum atomic E-state index is -0.850. The molecule has 0 aromatic heterocycles. The molecule has 0 bridgehead atoms. The van der Waals surface area contributed by atoms with E-state index in [9.17, 15) is 19.8 Å². The number of aliphatic hydroxyl groups is 1. The Hall–Kier alpha value is -3.52. The summed E-state index contributed by atoms with van der Waals surface area (Å²) in [6.45, 7) is 2.95. The molecule has 1 atom stereocenters. The first-order valence-corrected chi connectivity index (χ1v) is 10.3. The van der Waals surface area contributed by atoms with Crippen LogP contribution in [0.1, 0.15) is 30.5 Å². The quantitative estimate of drug-likeness (QED) is 0.266. The van der Waals surface area contributed by atoms with Gasteiger partial charge in [-0.3, -0.25) is 9.59 Å². The molecule has 0 aliphatic carbocycles. The van der Waals surface area contributed by atoms with E-state index >= 15 is 0 Å². The Morgan fingerprint density at radius 2 is 1.91 bits per heavy atom. The highest BCUT2D eigenvalue weighted by molar-refractivity contribution is 6.46. The van der Waals surface area contributed by atoms with Gasteiger partial charge in [-0.25, -0.2) is 0 Å². The summed E-state index contributed by atoms with van der Waals surface area (Å²) in [6, 6.07) is 10.4. The molecule has 8 heteroatoms. The van der Waals surface area contributed by atoms with Gasteiger partial charge in [0, 0.05) is 25.8 Å². The molecule has 1 heterocycles. The van der Waals surface area contributed by atoms with Crippen molar-refractivity contribution in [3.05, 3.63) is 59.2 Å². The number of Topliss-reactive ketones (excluding diaryl/α,β-unsaturated/α-hetero) is 1. The number of hydrogen-bond donors (Lipinski definition) is 2. The standard InChI is InChI=1S/C24H27NO7/c1-4-32-17-8-5-7-16(13-17)22(27)20-21(15-9-10-18(26)19(14-15)31-3)25(11-6-12-30-2)24(29)23(20)28/h5,7-10,13-14,21,26-27H,4,6,11-12H2,1-3H3/b22-20+. The Balaban J connectivity index is 2.15. The van der Waals surface area contributed by atoms with E-state index in [0.717, 1.165) is 0 Å². The molecule has 8 nitrogen and oxygen atoms in total. The lowest BCUT2D eigenvalue weighted by Gasteiger charge is -2.25. The number of amides is 1. The number of aliphatic hydroxyl groups excluding tert-OH is 1. The van der Waals surface area contributed by atoms with Gasteiger partial charge in [-0.2, -0.15) is 0 Å². The molecule has 3 rings (SSSR count). The number of benzene rings is 2. The predicted molar refractivity (Wildman–Crippen MR) is 118 cm³/mol. The van der Waals surface area contributed by atoms with Gasteiger partial charge in [-0.1, -0.05) is 18.2 Å². The lowest BCUT2D eigenvalue weighted by molar-refractivity contribution is -0.140. The van der Waals surface area contributed by atoms with Gasteiger partial charge in [-0.05, 0) is 43.2 Å². The minimum Gasteiger partial charge on any atom is -0.507 e. The van der Waals surface area contributed by atoms with Crippen LogP contribution in [0.5, 0.6) is 17.2 Å². The van der Waals surface area contributed by atoms with Crippen LogP contribution < -0.4 is 9.47 Å². The van der Waals surface area contributed by atoms with Crippen molar-refractivity contribution >= 4 is 17.4 Å². The molecule has 2 N–H and O–H groups in total. The largest absolute Gasteiger partial charge is 0.507 e. The number of phenolic OH excluding ortho intramolecular Hbond substituents is 1. The van der Waals surface area contributed by atoms with Crippen molar-refractivity contribution in [1.82, 2.24) is 4.90 Å². The van der Waals surface area contributed by atoms with E-state index < -0.39 is 17.7 Å². The zero-order chi connectivity index (χ0) is 23.3. The predicted octanol–water partition coefficient (Wildman–Crippen LogP) is 3.26. The molecule has 0 saturated carbocycles. The highest BCUT2D eigenvalue weighted by atomic mass is 16.5. The molecule has 0 spiro atoms. The van der Waals surface area contributed by atoms with Gasteiger partial charge in [-0.15, -0.1) is 0 Å². The van der Waals surface area contributed by atoms with Gasteiger partial charge in [0.1, 0.15) is 11.5 Å². The number of carbonyl (C=O) groups excluding carboxylic acids is 2. The van der Waals surface area contributed by atoms with E-state index in [1.54, 1.807) is 43.5 Å². The Morgan fingerprint density at radius 1 is 1.12 bits per heavy atom. The second-order valence-electron chi connectivity index (χ2n) is 7.23. The van der Waals surface area contributed by atoms with E-state index in [4.69, 9.17) is 14.2 Å². The summed E-state index contributed by atoms with van der Waals surface area (Å²) < 4.78 is 15.8. The van der Waals surface area contributed by atoms with Crippen LogP contribution in [0.2, 0.25) is 0 Å². The van der Waals surface area contributed by atoms with Crippen LogP contribution in [0.3, 0.4) is 0 Å². The van der Waals surface area contributed by atoms with Crippen LogP contribution in [0, 0.1) is 0 Å². The van der Waals surface area contributed by atoms with Gasteiger partial charge in [0.25, 0.3) is 11.7 Å². The summed E-state index contributed by atoms with van der Waals surface area (Å²) in [5, 5.41) is 21.1. The highest BCUT2D eigenvalue weighted by Crippen LogP contribution is 2.42. The highest BCUT2D eigenvalue weighted by Gasteiger charge is 2.46. The topological polar surface area (TPSA) is 106 Å². The maximum atomic E-state index is 13.0. The van der Waals surface area contributed by atoms with Crippen LogP contribution in [-0.2, 0) is 14.3 Å². The molecule has 1 unspecified atom stereocenters. The molecular weight excluding hydrogens is 414 g/mol. The van der Waals surface area contributed by atoms with E-state index in [-0.39, 0.29) is 29.4 Å². The summed E-state index contributed by atoms with van der Waals surface area (Å²) in [4.78, 5) is 27.3. The lowest BCUT2D eigenvalue weighted by Crippen LogP contribution is -2.31. The number of hydrogen-bond acceptors (Lipinski definition) is 7. The first-order chi connectivity index (χ1) is 15.4. The summed E-state index contributed by atoms with van der Waals surface area (Å²) in [5.74, 6) is -1.12. The molecule has 2 aromatic rings. The van der Waals surface area contributed by atoms with Crippen LogP contribution >= 0.6 is 0 Å². The molecule has 2 aromatic carbocycles. The molecule has 32 heavy (non-hydrogen) atoms. The fraction of sp³-hybridized carbons (Fsp3) is 0.333. The maximum Gasteiger partial charge on any atom is 0.295 e. The Kier molecular flexibility index (Phi) is 7.37. The van der Waals surface area contributed by atoms with Crippen LogP contribution in [-0.4, -0.2) is 60.8 Å². The van der Waals surface area contributed by atoms with Crippen LogP contribution in [0.15, 0.2) is 48.0 Å². The molecule has 1 aliphatic rings. The number of methoxy groups -OCH3 is 2. The first kappa shape index (κ1) is 23.1. The summed E-state index contributed by atoms with van der Waals surface area (Å²) in [5.41, 5.74) is 0.856. The van der Waals surface area contributed by atoms with Gasteiger partial charge in [0.05, 0.1) is 25.3 Å². The third-order valence-corrected chi connectivity index (χ3v) is 5.23. The van der Waals surface area contributed by atoms with Crippen LogP contribution in [0.4, 0.5) is 0 Å². The fourth-order valence-corrected chi connectivity index (χ4v) is 3.76. The number of likely N-dealkylation sites (tertiary alicyclic amines) is 1. The van der Waals surface area contributed by atoms with Gasteiger partial charge in [0.2, 0.25) is 0 Å². The van der Waals surface area contributed by atoms with E-state index in [1.165, 1.54) is 18.1 Å². The zero-order valence-electron chi connectivity index (χ0n) is 18.3. The normalized spacial score (nSPS) is 17.6. The molecule has 1 amide bonds. The summed E-state index contributed by atoms with van der Waals surface area (Å²) in [7, 11) is 2.97. The Morgan fingerprint density at radius 3 is 2.59 bits per heavy atom. The second-order valence-corrected chi connectivity index (χ2v) is 7.23. The molecule has 170 valence electrons. The summed E-state index contributed by atoms with van der Waals surface area (Å²) >= 11 is 0. The molecule has 0 radical (unpaired) electrons. The minimum absolute atomic E-state index is 0.0335. The van der Waals surface area contributed by atoms with Crippen molar-refractivity contribution in [3.8, 4) is 17.2 Å². The fourth-order valence-electron chi connectivity index (χ4n) is 3.76. The number of ether oxygens (including phenoxy) is 3. The second kappa shape index (κ2) is 10.2. The molecule has 1 aliphatic heterocycles. The van der Waals surface area contributed by atoms with Crippen molar-refractivity contribution < 1.29 is 34.0 Å². The number of nitrogens with zero attached hydrogens (tertiary/aromatic N) is 1. The van der Waals surface area contributed by atoms with Crippen molar-refractivity contribution in [1.29, 1.82) is 0 Å². The monoisotopic (exact) mass is 441 g/mol. The van der Waals surface area contributed by atoms with E-state index in [0.29, 0.717) is 36.5 Å². The smallest absolute Gasteiger partial charge is 0.295 e. The lowest BCUT2D eigenvalue weighted by atomic mass is 9.95. The SMILES string of the molecule is CCOc1cccc(/C(O)=C2\C(=O)C(=O)N(CCCOC)C2c2ccc(O)c(OC)c2)c1. The third-order valence-electron chi connectivity index (χ3n) is 5.23. The van der Waals surface area contributed by atoms with Crippen molar-refractivity contribution in [2.75, 3.05) is 34.0 Å². The maximum absolute atomic E-state index is 13.0. The zero-order valence-corrected chi connectivity index (χ0v) is 18.3. The van der Waals surface area contributed by atoms with Crippen molar-refractivity contribution in [2.45, 2.75) is 19.4 Å². The average Bonchev–Trinajstić information content (AvgIpc) is 3.04. The molecule has 1 saturated heterocycles. The Labute approximate surface area is 186 Å². The van der Waals surface area contributed by atoms with E-state index in [1.807, 2.05) is 6.92 Å².